The van der Waals surface area contributed by atoms with E-state index in [1.807, 2.05) is 24.3 Å². The van der Waals surface area contributed by atoms with Gasteiger partial charge < -0.3 is 15.0 Å². The number of rotatable bonds is 7. The minimum atomic E-state index is -1.71. The van der Waals surface area contributed by atoms with Gasteiger partial charge in [-0.05, 0) is 37.1 Å². The zero-order chi connectivity index (χ0) is 22.4. The van der Waals surface area contributed by atoms with Gasteiger partial charge in [0, 0.05) is 25.3 Å². The fourth-order valence-electron chi connectivity index (χ4n) is 3.18. The Morgan fingerprint density at radius 2 is 1.97 bits per heavy atom. The third-order valence-electron chi connectivity index (χ3n) is 4.70. The van der Waals surface area contributed by atoms with Gasteiger partial charge in [0.05, 0.1) is 27.7 Å². The number of anilines is 2. The third kappa shape index (κ3) is 6.56. The molecule has 2 fully saturated rings. The summed E-state index contributed by atoms with van der Waals surface area (Å²) in [6.07, 6.45) is 0.992. The Hall–Kier alpha value is -1.85. The molecule has 0 bridgehead atoms. The Labute approximate surface area is 193 Å². The lowest BCUT2D eigenvalue weighted by Gasteiger charge is -2.27. The average molecular weight is 486 g/mol. The number of nitrogens with one attached hydrogen (secondary N) is 1. The molecule has 1 aromatic carbocycles. The van der Waals surface area contributed by atoms with Crippen molar-refractivity contribution in [3.63, 3.8) is 0 Å². The van der Waals surface area contributed by atoms with Crippen molar-refractivity contribution in [2.24, 2.45) is 0 Å². The highest BCUT2D eigenvalue weighted by Gasteiger charge is 2.26. The first kappa shape index (κ1) is 23.8. The molecule has 0 saturated carbocycles. The summed E-state index contributed by atoms with van der Waals surface area (Å²) < 4.78 is 25.5. The zero-order valence-corrected chi connectivity index (χ0v) is 19.3. The molecule has 2 unspecified atom stereocenters. The number of hydrogen-bond acceptors (Lipinski definition) is 6. The SMILES string of the molecule is C=C(Cl)SC(=C)C(=O)NCC1CCCN(c2ccc(N3CCOCC3=O)cc2)S(=O)O1. The smallest absolute Gasteiger partial charge is 0.264 e. The first-order valence-electron chi connectivity index (χ1n) is 9.69. The molecule has 2 aliphatic heterocycles. The maximum Gasteiger partial charge on any atom is 0.264 e. The van der Waals surface area contributed by atoms with Crippen LogP contribution in [0.15, 0.2) is 46.7 Å². The first-order chi connectivity index (χ1) is 14.8. The average Bonchev–Trinajstić information content (AvgIpc) is 2.93. The molecule has 168 valence electrons. The normalized spacial score (nSPS) is 22.0. The van der Waals surface area contributed by atoms with Gasteiger partial charge in [0.15, 0.2) is 0 Å². The summed E-state index contributed by atoms with van der Waals surface area (Å²) in [4.78, 5) is 26.0. The minimum Gasteiger partial charge on any atom is -0.370 e. The van der Waals surface area contributed by atoms with E-state index >= 15 is 0 Å². The number of morpholine rings is 1. The molecular formula is C20H24ClN3O5S2. The summed E-state index contributed by atoms with van der Waals surface area (Å²) >= 11 is 4.95. The van der Waals surface area contributed by atoms with Crippen molar-refractivity contribution in [2.45, 2.75) is 18.9 Å². The molecule has 2 atom stereocenters. The number of halogens is 1. The van der Waals surface area contributed by atoms with E-state index in [1.54, 1.807) is 9.21 Å². The Morgan fingerprint density at radius 1 is 1.26 bits per heavy atom. The van der Waals surface area contributed by atoms with E-state index in [2.05, 4.69) is 18.5 Å². The summed E-state index contributed by atoms with van der Waals surface area (Å²) in [5.74, 6) is -0.447. The molecule has 0 aliphatic carbocycles. The number of hydrogen-bond donors (Lipinski definition) is 1. The monoisotopic (exact) mass is 485 g/mol. The predicted octanol–water partition coefficient (Wildman–Crippen LogP) is 2.69. The summed E-state index contributed by atoms with van der Waals surface area (Å²) in [5, 5.41) is 2.72. The van der Waals surface area contributed by atoms with Crippen LogP contribution in [0.3, 0.4) is 0 Å². The zero-order valence-electron chi connectivity index (χ0n) is 16.9. The molecule has 11 heteroatoms. The van der Waals surface area contributed by atoms with Crippen molar-refractivity contribution >= 4 is 57.8 Å². The van der Waals surface area contributed by atoms with Gasteiger partial charge in [-0.25, -0.2) is 4.21 Å². The molecule has 0 radical (unpaired) electrons. The van der Waals surface area contributed by atoms with Crippen LogP contribution in [-0.2, 0) is 29.8 Å². The molecule has 1 aromatic rings. The Bertz CT molecular complexity index is 880. The summed E-state index contributed by atoms with van der Waals surface area (Å²) in [6.45, 7) is 9.02. The minimum absolute atomic E-state index is 0.0797. The second-order valence-electron chi connectivity index (χ2n) is 6.88. The van der Waals surface area contributed by atoms with Crippen LogP contribution in [0.2, 0.25) is 0 Å². The van der Waals surface area contributed by atoms with Gasteiger partial charge in [0.1, 0.15) is 6.61 Å². The van der Waals surface area contributed by atoms with Crippen molar-refractivity contribution in [3.8, 4) is 0 Å². The standard InChI is InChI=1S/C20H24ClN3O5S2/c1-14(30-15(2)21)20(26)22-12-18-4-3-9-24(31(27)29-18)17-7-5-16(6-8-17)23-10-11-28-13-19(23)25/h5-8,18H,1-4,9-13H2,(H,22,26). The van der Waals surface area contributed by atoms with Crippen molar-refractivity contribution in [1.29, 1.82) is 0 Å². The third-order valence-corrected chi connectivity index (χ3v) is 6.77. The molecule has 2 saturated heterocycles. The fourth-order valence-corrected chi connectivity index (χ4v) is 4.96. The number of carbonyl (C=O) groups excluding carboxylic acids is 2. The highest BCUT2D eigenvalue weighted by molar-refractivity contribution is 8.08. The van der Waals surface area contributed by atoms with Crippen LogP contribution >= 0.6 is 23.4 Å². The van der Waals surface area contributed by atoms with E-state index in [4.69, 9.17) is 20.5 Å². The van der Waals surface area contributed by atoms with Crippen LogP contribution in [0.1, 0.15) is 12.8 Å². The number of nitrogens with zero attached hydrogens (tertiary/aromatic N) is 2. The topological polar surface area (TPSA) is 88.2 Å². The lowest BCUT2D eigenvalue weighted by atomic mass is 10.2. The van der Waals surface area contributed by atoms with Crippen LogP contribution in [0, 0.1) is 0 Å². The van der Waals surface area contributed by atoms with E-state index in [1.165, 1.54) is 0 Å². The molecule has 2 aliphatic rings. The molecule has 2 amide bonds. The van der Waals surface area contributed by atoms with Gasteiger partial charge in [-0.2, -0.15) is 0 Å². The van der Waals surface area contributed by atoms with E-state index < -0.39 is 17.4 Å². The molecule has 0 aromatic heterocycles. The van der Waals surface area contributed by atoms with Crippen LogP contribution in [0.5, 0.6) is 0 Å². The molecule has 2 heterocycles. The molecule has 3 rings (SSSR count). The summed E-state index contributed by atoms with van der Waals surface area (Å²) in [5.41, 5.74) is 1.51. The number of ether oxygens (including phenoxy) is 1. The van der Waals surface area contributed by atoms with Crippen LogP contribution < -0.4 is 14.5 Å². The van der Waals surface area contributed by atoms with Crippen LogP contribution in [0.4, 0.5) is 11.4 Å². The van der Waals surface area contributed by atoms with Crippen LogP contribution in [0.25, 0.3) is 0 Å². The number of carbonyl (C=O) groups is 2. The Morgan fingerprint density at radius 3 is 2.65 bits per heavy atom. The highest BCUT2D eigenvalue weighted by Crippen LogP contribution is 2.27. The molecular weight excluding hydrogens is 462 g/mol. The lowest BCUT2D eigenvalue weighted by Crippen LogP contribution is -2.41. The fraction of sp³-hybridized carbons (Fsp3) is 0.400. The van der Waals surface area contributed by atoms with E-state index in [-0.39, 0.29) is 34.2 Å². The van der Waals surface area contributed by atoms with Gasteiger partial charge in [0.2, 0.25) is 0 Å². The maximum absolute atomic E-state index is 12.8. The quantitative estimate of drug-likeness (QED) is 0.597. The molecule has 8 nitrogen and oxygen atoms in total. The maximum atomic E-state index is 12.8. The molecule has 1 N–H and O–H groups in total. The first-order valence-corrected chi connectivity index (χ1v) is 11.9. The molecule has 0 spiro atoms. The predicted molar refractivity (Wildman–Crippen MR) is 124 cm³/mol. The van der Waals surface area contributed by atoms with E-state index in [9.17, 15) is 13.8 Å². The number of amides is 2. The summed E-state index contributed by atoms with van der Waals surface area (Å²) in [6, 6.07) is 7.29. The second-order valence-corrected chi connectivity index (χ2v) is 9.82. The van der Waals surface area contributed by atoms with Gasteiger partial charge in [-0.15, -0.1) is 0 Å². The van der Waals surface area contributed by atoms with Crippen molar-refractivity contribution < 1.29 is 22.7 Å². The van der Waals surface area contributed by atoms with Gasteiger partial charge in [-0.3, -0.25) is 18.1 Å². The van der Waals surface area contributed by atoms with E-state index in [0.717, 1.165) is 29.6 Å². The van der Waals surface area contributed by atoms with Crippen molar-refractivity contribution in [3.05, 3.63) is 46.7 Å². The largest absolute Gasteiger partial charge is 0.370 e. The van der Waals surface area contributed by atoms with Gasteiger partial charge in [-0.1, -0.05) is 36.5 Å². The Kier molecular flexibility index (Phi) is 8.56. The van der Waals surface area contributed by atoms with Crippen molar-refractivity contribution in [1.82, 2.24) is 5.32 Å². The van der Waals surface area contributed by atoms with Gasteiger partial charge >= 0.3 is 0 Å². The van der Waals surface area contributed by atoms with Crippen LogP contribution in [-0.4, -0.2) is 55.0 Å². The van der Waals surface area contributed by atoms with E-state index in [0.29, 0.717) is 26.1 Å². The molecule has 31 heavy (non-hydrogen) atoms. The summed E-state index contributed by atoms with van der Waals surface area (Å²) in [7, 11) is 0. The number of benzene rings is 1. The van der Waals surface area contributed by atoms with Crippen molar-refractivity contribution in [2.75, 3.05) is 42.1 Å². The van der Waals surface area contributed by atoms with Gasteiger partial charge in [0.25, 0.3) is 23.1 Å². The Balaban J connectivity index is 1.56. The second kappa shape index (κ2) is 11.1. The highest BCUT2D eigenvalue weighted by atomic mass is 35.5. The number of thioether (sulfide) groups is 1. The lowest BCUT2D eigenvalue weighted by molar-refractivity contribution is -0.125.